The molecule has 0 spiro atoms. The van der Waals surface area contributed by atoms with Crippen LogP contribution in [0, 0.1) is 0 Å². The van der Waals surface area contributed by atoms with Gasteiger partial charge >= 0.3 is 5.97 Å². The second kappa shape index (κ2) is 10.5. The molecule has 1 N–H and O–H groups in total. The van der Waals surface area contributed by atoms with E-state index in [1.807, 2.05) is 0 Å². The van der Waals surface area contributed by atoms with Gasteiger partial charge in [-0.05, 0) is 42.8 Å². The maximum Gasteiger partial charge on any atom is 0.346 e. The number of benzene rings is 2. The quantitative estimate of drug-likeness (QED) is 0.382. The summed E-state index contributed by atoms with van der Waals surface area (Å²) in [7, 11) is 3.06. The average molecular weight is 457 g/mol. The van der Waals surface area contributed by atoms with E-state index in [-0.39, 0.29) is 23.7 Å². The van der Waals surface area contributed by atoms with Crippen molar-refractivity contribution >= 4 is 35.4 Å². The van der Waals surface area contributed by atoms with Crippen LogP contribution in [0.2, 0.25) is 5.02 Å². The number of carbonyl (C=O) groups excluding carboxylic acids is 2. The van der Waals surface area contributed by atoms with Crippen molar-refractivity contribution in [2.24, 2.45) is 0 Å². The Balaban J connectivity index is 1.84. The van der Waals surface area contributed by atoms with Gasteiger partial charge in [0.1, 0.15) is 5.69 Å². The van der Waals surface area contributed by atoms with E-state index in [0.717, 1.165) is 0 Å². The average Bonchev–Trinajstić information content (AvgIpc) is 3.21. The predicted octanol–water partition coefficient (Wildman–Crippen LogP) is 4.84. The fourth-order valence-corrected chi connectivity index (χ4v) is 2.98. The molecule has 0 saturated heterocycles. The van der Waals surface area contributed by atoms with Crippen LogP contribution in [0.4, 0.5) is 5.88 Å². The zero-order valence-electron chi connectivity index (χ0n) is 17.7. The zero-order valence-corrected chi connectivity index (χ0v) is 18.4. The Morgan fingerprint density at radius 2 is 1.81 bits per heavy atom. The molecule has 0 fully saturated rings. The van der Waals surface area contributed by atoms with Crippen LogP contribution in [0.3, 0.4) is 0 Å². The van der Waals surface area contributed by atoms with Gasteiger partial charge in [-0.1, -0.05) is 35.0 Å². The number of hydrogen-bond donors (Lipinski definition) is 1. The first kappa shape index (κ1) is 22.9. The molecule has 166 valence electrons. The normalized spacial score (nSPS) is 10.8. The minimum atomic E-state index is -0.669. The molecule has 32 heavy (non-hydrogen) atoms. The van der Waals surface area contributed by atoms with Crippen molar-refractivity contribution in [3.8, 4) is 22.8 Å². The number of methoxy groups -OCH3 is 2. The zero-order chi connectivity index (χ0) is 23.1. The number of amides is 1. The number of halogens is 1. The molecule has 3 rings (SSSR count). The molecule has 0 aliphatic carbocycles. The van der Waals surface area contributed by atoms with Crippen LogP contribution in [-0.2, 0) is 9.53 Å². The summed E-state index contributed by atoms with van der Waals surface area (Å²) in [6, 6.07) is 11.9. The Bertz CT molecular complexity index is 1140. The fourth-order valence-electron chi connectivity index (χ4n) is 2.85. The summed E-state index contributed by atoms with van der Waals surface area (Å²) in [4.78, 5) is 25.0. The van der Waals surface area contributed by atoms with E-state index in [2.05, 4.69) is 10.5 Å². The first-order valence-electron chi connectivity index (χ1n) is 9.60. The summed E-state index contributed by atoms with van der Waals surface area (Å²) in [6.45, 7) is 1.83. The van der Waals surface area contributed by atoms with Gasteiger partial charge in [-0.2, -0.15) is 0 Å². The van der Waals surface area contributed by atoms with E-state index in [1.165, 1.54) is 20.3 Å². The molecule has 0 atom stereocenters. The van der Waals surface area contributed by atoms with Crippen LogP contribution >= 0.6 is 11.6 Å². The van der Waals surface area contributed by atoms with E-state index in [9.17, 15) is 9.59 Å². The maximum atomic E-state index is 12.5. The number of aromatic nitrogens is 1. The maximum absolute atomic E-state index is 12.5. The standard InChI is InChI=1S/C23H21ClN2O6/c1-4-31-23(28)20-21(15-7-9-16(24)10-8-15)26-32-22(20)25-19(27)12-6-14-5-11-17(29-2)18(13-14)30-3/h5-13H,4H2,1-3H3,(H,25,27)/b12-6+. The SMILES string of the molecule is CCOC(=O)c1c(-c2ccc(Cl)cc2)noc1NC(=O)/C=C/c1ccc(OC)c(OC)c1. The van der Waals surface area contributed by atoms with E-state index >= 15 is 0 Å². The Kier molecular flexibility index (Phi) is 7.51. The van der Waals surface area contributed by atoms with Gasteiger partial charge in [0.25, 0.3) is 5.91 Å². The Morgan fingerprint density at radius 1 is 1.09 bits per heavy atom. The van der Waals surface area contributed by atoms with Gasteiger partial charge in [0.05, 0.1) is 20.8 Å². The third-order valence-corrected chi connectivity index (χ3v) is 4.61. The third-order valence-electron chi connectivity index (χ3n) is 4.36. The summed E-state index contributed by atoms with van der Waals surface area (Å²) in [5.41, 5.74) is 1.55. The summed E-state index contributed by atoms with van der Waals surface area (Å²) in [6.07, 6.45) is 2.87. The lowest BCUT2D eigenvalue weighted by Gasteiger charge is -2.07. The van der Waals surface area contributed by atoms with Gasteiger partial charge in [0.15, 0.2) is 17.1 Å². The highest BCUT2D eigenvalue weighted by Gasteiger charge is 2.26. The molecular formula is C23H21ClN2O6. The van der Waals surface area contributed by atoms with E-state index in [1.54, 1.807) is 55.5 Å². The molecule has 9 heteroatoms. The van der Waals surface area contributed by atoms with Gasteiger partial charge in [0.2, 0.25) is 5.88 Å². The lowest BCUT2D eigenvalue weighted by molar-refractivity contribution is -0.112. The van der Waals surface area contributed by atoms with Gasteiger partial charge in [-0.15, -0.1) is 0 Å². The molecule has 2 aromatic carbocycles. The number of esters is 1. The van der Waals surface area contributed by atoms with Crippen molar-refractivity contribution in [3.05, 3.63) is 64.7 Å². The molecule has 0 bridgehead atoms. The fraction of sp³-hybridized carbons (Fsp3) is 0.174. The highest BCUT2D eigenvalue weighted by Crippen LogP contribution is 2.31. The summed E-state index contributed by atoms with van der Waals surface area (Å²) in [5, 5.41) is 7.01. The second-order valence-corrected chi connectivity index (χ2v) is 6.84. The second-order valence-electron chi connectivity index (χ2n) is 6.40. The van der Waals surface area contributed by atoms with Crippen molar-refractivity contribution in [2.75, 3.05) is 26.1 Å². The van der Waals surface area contributed by atoms with Crippen LogP contribution in [0.5, 0.6) is 11.5 Å². The van der Waals surface area contributed by atoms with Crippen LogP contribution < -0.4 is 14.8 Å². The number of anilines is 1. The van der Waals surface area contributed by atoms with E-state index in [0.29, 0.717) is 27.6 Å². The van der Waals surface area contributed by atoms with Crippen molar-refractivity contribution < 1.29 is 28.3 Å². The predicted molar refractivity (Wildman–Crippen MR) is 120 cm³/mol. The molecule has 0 aliphatic heterocycles. The first-order valence-corrected chi connectivity index (χ1v) is 9.98. The minimum Gasteiger partial charge on any atom is -0.493 e. The van der Waals surface area contributed by atoms with Crippen molar-refractivity contribution in [1.82, 2.24) is 5.16 Å². The monoisotopic (exact) mass is 456 g/mol. The number of nitrogens with one attached hydrogen (secondary N) is 1. The number of hydrogen-bond acceptors (Lipinski definition) is 7. The lowest BCUT2D eigenvalue weighted by Crippen LogP contribution is -2.13. The number of rotatable bonds is 8. The van der Waals surface area contributed by atoms with Crippen LogP contribution in [0.1, 0.15) is 22.8 Å². The number of nitrogens with zero attached hydrogens (tertiary/aromatic N) is 1. The number of ether oxygens (including phenoxy) is 3. The molecular weight excluding hydrogens is 436 g/mol. The summed E-state index contributed by atoms with van der Waals surface area (Å²) < 4.78 is 20.8. The molecule has 0 radical (unpaired) electrons. The van der Waals surface area contributed by atoms with Crippen molar-refractivity contribution in [1.29, 1.82) is 0 Å². The third kappa shape index (κ3) is 5.28. The summed E-state index contributed by atoms with van der Waals surface area (Å²) >= 11 is 5.93. The topological polar surface area (TPSA) is 99.9 Å². The van der Waals surface area contributed by atoms with Gasteiger partial charge in [-0.25, -0.2) is 4.79 Å². The molecule has 3 aromatic rings. The Morgan fingerprint density at radius 3 is 2.47 bits per heavy atom. The summed E-state index contributed by atoms with van der Waals surface area (Å²) in [5.74, 6) is -0.204. The van der Waals surface area contributed by atoms with Crippen molar-refractivity contribution in [2.45, 2.75) is 6.92 Å². The van der Waals surface area contributed by atoms with Crippen LogP contribution in [0.15, 0.2) is 53.1 Å². The molecule has 8 nitrogen and oxygen atoms in total. The van der Waals surface area contributed by atoms with E-state index in [4.69, 9.17) is 30.3 Å². The highest BCUT2D eigenvalue weighted by atomic mass is 35.5. The largest absolute Gasteiger partial charge is 0.493 e. The Hall–Kier alpha value is -3.78. The van der Waals surface area contributed by atoms with Gasteiger partial charge in [0, 0.05) is 16.7 Å². The van der Waals surface area contributed by atoms with E-state index < -0.39 is 11.9 Å². The lowest BCUT2D eigenvalue weighted by atomic mass is 10.1. The molecule has 0 unspecified atom stereocenters. The number of carbonyl (C=O) groups is 2. The molecule has 1 heterocycles. The molecule has 1 amide bonds. The van der Waals surface area contributed by atoms with Crippen LogP contribution in [-0.4, -0.2) is 37.9 Å². The van der Waals surface area contributed by atoms with Gasteiger partial charge < -0.3 is 18.7 Å². The minimum absolute atomic E-state index is 0.0158. The molecule has 0 saturated carbocycles. The van der Waals surface area contributed by atoms with Crippen molar-refractivity contribution in [3.63, 3.8) is 0 Å². The Labute approximate surface area is 189 Å². The smallest absolute Gasteiger partial charge is 0.346 e. The van der Waals surface area contributed by atoms with Gasteiger partial charge in [-0.3, -0.25) is 10.1 Å². The molecule has 0 aliphatic rings. The van der Waals surface area contributed by atoms with Crippen LogP contribution in [0.25, 0.3) is 17.3 Å². The highest BCUT2D eigenvalue weighted by molar-refractivity contribution is 6.30. The molecule has 1 aromatic heterocycles. The first-order chi connectivity index (χ1) is 15.5.